The number of nitriles is 1. The molecule has 0 saturated heterocycles. The average molecular weight is 270 g/mol. The third-order valence-corrected chi connectivity index (χ3v) is 3.62. The summed E-state index contributed by atoms with van der Waals surface area (Å²) in [5, 5.41) is 12.4. The molecule has 0 aromatic carbocycles. The molecule has 2 unspecified atom stereocenters. The predicted octanol–water partition coefficient (Wildman–Crippen LogP) is 1.48. The van der Waals surface area contributed by atoms with E-state index < -0.39 is 5.54 Å². The Morgan fingerprint density at radius 1 is 1.32 bits per heavy atom. The molecule has 19 heavy (non-hydrogen) atoms. The van der Waals surface area contributed by atoms with Crippen molar-refractivity contribution >= 4 is 0 Å². The molecule has 0 aromatic heterocycles. The molecule has 1 saturated carbocycles. The Bertz CT molecular complexity index is 280. The van der Waals surface area contributed by atoms with Crippen LogP contribution in [0.15, 0.2) is 0 Å². The van der Waals surface area contributed by atoms with E-state index in [4.69, 9.17) is 14.2 Å². The second-order valence-electron chi connectivity index (χ2n) is 4.99. The minimum Gasteiger partial charge on any atom is -0.382 e. The van der Waals surface area contributed by atoms with E-state index >= 15 is 0 Å². The van der Waals surface area contributed by atoms with Gasteiger partial charge in [0.1, 0.15) is 5.54 Å². The Balaban J connectivity index is 2.11. The van der Waals surface area contributed by atoms with E-state index in [-0.39, 0.29) is 6.10 Å². The first-order valence-corrected chi connectivity index (χ1v) is 7.05. The zero-order chi connectivity index (χ0) is 14.0. The average Bonchev–Trinajstić information content (AvgIpc) is 2.46. The van der Waals surface area contributed by atoms with Crippen LogP contribution in [0.2, 0.25) is 0 Å². The first-order chi connectivity index (χ1) is 9.26. The van der Waals surface area contributed by atoms with Gasteiger partial charge < -0.3 is 19.5 Å². The molecule has 0 spiro atoms. The van der Waals surface area contributed by atoms with Gasteiger partial charge in [-0.1, -0.05) is 0 Å². The van der Waals surface area contributed by atoms with Crippen molar-refractivity contribution in [3.63, 3.8) is 0 Å². The highest BCUT2D eigenvalue weighted by molar-refractivity contribution is 5.09. The Morgan fingerprint density at radius 3 is 2.84 bits per heavy atom. The Kier molecular flexibility index (Phi) is 7.99. The first kappa shape index (κ1) is 16.4. The number of hydrogen-bond acceptors (Lipinski definition) is 5. The molecule has 110 valence electrons. The highest BCUT2D eigenvalue weighted by Crippen LogP contribution is 2.29. The lowest BCUT2D eigenvalue weighted by Crippen LogP contribution is -2.47. The van der Waals surface area contributed by atoms with E-state index in [2.05, 4.69) is 11.4 Å². The third-order valence-electron chi connectivity index (χ3n) is 3.62. The highest BCUT2D eigenvalue weighted by Gasteiger charge is 2.35. The molecule has 1 aliphatic rings. The fraction of sp³-hybridized carbons (Fsp3) is 0.929. The summed E-state index contributed by atoms with van der Waals surface area (Å²) in [5.41, 5.74) is -0.391. The molecule has 1 aliphatic carbocycles. The molecule has 0 radical (unpaired) electrons. The Hall–Kier alpha value is -0.670. The summed E-state index contributed by atoms with van der Waals surface area (Å²) in [7, 11) is 3.52. The van der Waals surface area contributed by atoms with Gasteiger partial charge in [-0.05, 0) is 32.7 Å². The Morgan fingerprint density at radius 2 is 2.16 bits per heavy atom. The van der Waals surface area contributed by atoms with Crippen LogP contribution in [0.5, 0.6) is 0 Å². The van der Waals surface area contributed by atoms with Crippen LogP contribution in [0.4, 0.5) is 0 Å². The molecular weight excluding hydrogens is 244 g/mol. The lowest BCUT2D eigenvalue weighted by Gasteiger charge is -2.35. The van der Waals surface area contributed by atoms with E-state index in [1.54, 1.807) is 7.11 Å². The molecule has 2 atom stereocenters. The molecule has 0 heterocycles. The second-order valence-corrected chi connectivity index (χ2v) is 4.99. The van der Waals surface area contributed by atoms with Crippen molar-refractivity contribution < 1.29 is 14.2 Å². The van der Waals surface area contributed by atoms with Gasteiger partial charge >= 0.3 is 0 Å². The summed E-state index contributed by atoms with van der Waals surface area (Å²) in [4.78, 5) is 0. The topological polar surface area (TPSA) is 63.5 Å². The van der Waals surface area contributed by atoms with Gasteiger partial charge in [0.2, 0.25) is 0 Å². The smallest absolute Gasteiger partial charge is 0.109 e. The monoisotopic (exact) mass is 270 g/mol. The molecule has 1 N–H and O–H groups in total. The third kappa shape index (κ3) is 5.87. The molecule has 5 heteroatoms. The molecule has 0 bridgehead atoms. The Labute approximate surface area is 116 Å². The number of nitrogens with one attached hydrogen (secondary N) is 1. The van der Waals surface area contributed by atoms with E-state index in [0.29, 0.717) is 26.4 Å². The van der Waals surface area contributed by atoms with Gasteiger partial charge in [0.25, 0.3) is 0 Å². The summed E-state index contributed by atoms with van der Waals surface area (Å²) in [6.07, 6.45) is 4.88. The summed E-state index contributed by atoms with van der Waals surface area (Å²) in [6.45, 7) is 2.67. The largest absolute Gasteiger partial charge is 0.382 e. The molecule has 5 nitrogen and oxygen atoms in total. The van der Waals surface area contributed by atoms with Crippen molar-refractivity contribution in [2.75, 3.05) is 40.6 Å². The van der Waals surface area contributed by atoms with Crippen molar-refractivity contribution in [3.05, 3.63) is 0 Å². The maximum absolute atomic E-state index is 9.25. The van der Waals surface area contributed by atoms with Crippen molar-refractivity contribution in [1.29, 1.82) is 5.26 Å². The number of methoxy groups -OCH3 is 1. The van der Waals surface area contributed by atoms with Crippen molar-refractivity contribution in [3.8, 4) is 6.07 Å². The van der Waals surface area contributed by atoms with Crippen molar-refractivity contribution in [1.82, 2.24) is 5.32 Å². The van der Waals surface area contributed by atoms with Gasteiger partial charge in [-0.2, -0.15) is 5.26 Å². The van der Waals surface area contributed by atoms with Gasteiger partial charge in [0, 0.05) is 26.7 Å². The zero-order valence-electron chi connectivity index (χ0n) is 12.1. The van der Waals surface area contributed by atoms with Crippen LogP contribution >= 0.6 is 0 Å². The van der Waals surface area contributed by atoms with Crippen LogP contribution in [0.3, 0.4) is 0 Å². The van der Waals surface area contributed by atoms with Gasteiger partial charge in [0.05, 0.1) is 25.4 Å². The SMILES string of the molecule is CNC1(C#N)CCCC(OCCCOCCOC)C1. The van der Waals surface area contributed by atoms with Crippen LogP contribution in [0.25, 0.3) is 0 Å². The van der Waals surface area contributed by atoms with Crippen molar-refractivity contribution in [2.45, 2.75) is 43.7 Å². The number of nitrogens with zero attached hydrogens (tertiary/aromatic N) is 1. The first-order valence-electron chi connectivity index (χ1n) is 7.05. The van der Waals surface area contributed by atoms with E-state index in [1.807, 2.05) is 7.05 Å². The molecule has 0 aromatic rings. The maximum Gasteiger partial charge on any atom is 0.109 e. The van der Waals surface area contributed by atoms with E-state index in [1.165, 1.54) is 0 Å². The van der Waals surface area contributed by atoms with Crippen LogP contribution in [-0.2, 0) is 14.2 Å². The number of hydrogen-bond donors (Lipinski definition) is 1. The van der Waals surface area contributed by atoms with Gasteiger partial charge in [-0.25, -0.2) is 0 Å². The molecule has 0 amide bonds. The molecule has 1 rings (SSSR count). The summed E-state index contributed by atoms with van der Waals surface area (Å²) in [6, 6.07) is 2.39. The molecular formula is C14H26N2O3. The standard InChI is InChI=1S/C14H26N2O3/c1-16-14(12-15)6-3-5-13(11-14)19-8-4-7-18-10-9-17-2/h13,16H,3-11H2,1-2H3. The van der Waals surface area contributed by atoms with E-state index in [0.717, 1.165) is 32.1 Å². The summed E-state index contributed by atoms with van der Waals surface area (Å²) < 4.78 is 16.1. The molecule has 1 fully saturated rings. The van der Waals surface area contributed by atoms with Crippen LogP contribution in [0.1, 0.15) is 32.1 Å². The summed E-state index contributed by atoms with van der Waals surface area (Å²) in [5.74, 6) is 0. The second kappa shape index (κ2) is 9.27. The minimum atomic E-state index is -0.391. The van der Waals surface area contributed by atoms with Crippen LogP contribution in [-0.4, -0.2) is 52.2 Å². The number of ether oxygens (including phenoxy) is 3. The lowest BCUT2D eigenvalue weighted by atomic mass is 9.81. The molecule has 0 aliphatic heterocycles. The predicted molar refractivity (Wildman–Crippen MR) is 72.9 cm³/mol. The lowest BCUT2D eigenvalue weighted by molar-refractivity contribution is -0.00432. The van der Waals surface area contributed by atoms with Crippen molar-refractivity contribution in [2.24, 2.45) is 0 Å². The van der Waals surface area contributed by atoms with Crippen LogP contribution in [0, 0.1) is 11.3 Å². The van der Waals surface area contributed by atoms with E-state index in [9.17, 15) is 5.26 Å². The zero-order valence-corrected chi connectivity index (χ0v) is 12.1. The van der Waals surface area contributed by atoms with Gasteiger partial charge in [-0.15, -0.1) is 0 Å². The fourth-order valence-electron chi connectivity index (χ4n) is 2.41. The summed E-state index contributed by atoms with van der Waals surface area (Å²) >= 11 is 0. The maximum atomic E-state index is 9.25. The normalized spacial score (nSPS) is 27.1. The van der Waals surface area contributed by atoms with Gasteiger partial charge in [-0.3, -0.25) is 0 Å². The fourth-order valence-corrected chi connectivity index (χ4v) is 2.41. The van der Waals surface area contributed by atoms with Crippen LogP contribution < -0.4 is 5.32 Å². The highest BCUT2D eigenvalue weighted by atomic mass is 16.5. The minimum absolute atomic E-state index is 0.194. The quantitative estimate of drug-likeness (QED) is 0.643. The van der Waals surface area contributed by atoms with Gasteiger partial charge in [0.15, 0.2) is 0 Å². The number of rotatable bonds is 9.